The number of Topliss-reactive ketones (excluding diaryl/α,β-unsaturated/α-hetero) is 1. The third-order valence-corrected chi connectivity index (χ3v) is 3.27. The molecule has 0 aliphatic carbocycles. The van der Waals surface area contributed by atoms with E-state index in [-0.39, 0.29) is 5.78 Å². The molecule has 0 aliphatic heterocycles. The Morgan fingerprint density at radius 1 is 1.15 bits per heavy atom. The predicted octanol–water partition coefficient (Wildman–Crippen LogP) is 3.44. The average Bonchev–Trinajstić information content (AvgIpc) is 2.38. The molecule has 2 aromatic rings. The average molecular weight is 269 g/mol. The largest absolute Gasteiger partial charge is 0.496 e. The van der Waals surface area contributed by atoms with E-state index < -0.39 is 0 Å². The van der Waals surface area contributed by atoms with Gasteiger partial charge in [0.2, 0.25) is 0 Å². The zero-order chi connectivity index (χ0) is 14.7. The lowest BCUT2D eigenvalue weighted by Crippen LogP contribution is -2.09. The van der Waals surface area contributed by atoms with Crippen LogP contribution in [0.25, 0.3) is 0 Å². The maximum atomic E-state index is 12.4. The van der Waals surface area contributed by atoms with Crippen LogP contribution in [0.15, 0.2) is 30.5 Å². The molecule has 1 aromatic heterocycles. The summed E-state index contributed by atoms with van der Waals surface area (Å²) in [5.74, 6) is 0.764. The number of aromatic nitrogens is 1. The second kappa shape index (κ2) is 5.87. The maximum Gasteiger partial charge on any atom is 0.185 e. The minimum atomic E-state index is 0.0198. The SMILES string of the molecule is COc1ccc(C)cc1CC(=O)c1ncc(C)cc1C. The third-order valence-electron chi connectivity index (χ3n) is 3.27. The van der Waals surface area contributed by atoms with Crippen LogP contribution in [0.3, 0.4) is 0 Å². The molecule has 104 valence electrons. The molecule has 0 N–H and O–H groups in total. The van der Waals surface area contributed by atoms with Crippen molar-refractivity contribution in [3.8, 4) is 5.75 Å². The number of carbonyl (C=O) groups excluding carboxylic acids is 1. The highest BCUT2D eigenvalue weighted by Gasteiger charge is 2.14. The van der Waals surface area contributed by atoms with Crippen molar-refractivity contribution in [2.45, 2.75) is 27.2 Å². The summed E-state index contributed by atoms with van der Waals surface area (Å²) in [7, 11) is 1.62. The standard InChI is InChI=1S/C17H19NO2/c1-11-5-6-16(20-4)14(8-11)9-15(19)17-13(3)7-12(2)10-18-17/h5-8,10H,9H2,1-4H3. The monoisotopic (exact) mass is 269 g/mol. The molecule has 0 spiro atoms. The minimum absolute atomic E-state index is 0.0198. The topological polar surface area (TPSA) is 39.2 Å². The number of aryl methyl sites for hydroxylation is 3. The first-order chi connectivity index (χ1) is 9.51. The number of ether oxygens (including phenoxy) is 1. The Hall–Kier alpha value is -2.16. The number of hydrogen-bond acceptors (Lipinski definition) is 3. The summed E-state index contributed by atoms with van der Waals surface area (Å²) in [6.45, 7) is 5.89. The molecule has 1 heterocycles. The van der Waals surface area contributed by atoms with Crippen LogP contribution < -0.4 is 4.74 Å². The van der Waals surface area contributed by atoms with Gasteiger partial charge in [0, 0.05) is 18.2 Å². The fraction of sp³-hybridized carbons (Fsp3) is 0.294. The number of ketones is 1. The van der Waals surface area contributed by atoms with Gasteiger partial charge in [0.05, 0.1) is 7.11 Å². The van der Waals surface area contributed by atoms with E-state index in [1.165, 1.54) is 0 Å². The van der Waals surface area contributed by atoms with E-state index in [0.29, 0.717) is 12.1 Å². The van der Waals surface area contributed by atoms with Gasteiger partial charge in [-0.25, -0.2) is 0 Å². The number of nitrogens with zero attached hydrogens (tertiary/aromatic N) is 1. The summed E-state index contributed by atoms with van der Waals surface area (Å²) in [6.07, 6.45) is 2.04. The van der Waals surface area contributed by atoms with Gasteiger partial charge < -0.3 is 4.74 Å². The van der Waals surface area contributed by atoms with Crippen LogP contribution in [0.1, 0.15) is 32.7 Å². The summed E-state index contributed by atoms with van der Waals surface area (Å²) in [5.41, 5.74) is 4.54. The number of methoxy groups -OCH3 is 1. The molecule has 0 radical (unpaired) electrons. The summed E-state index contributed by atoms with van der Waals surface area (Å²) < 4.78 is 5.31. The summed E-state index contributed by atoms with van der Waals surface area (Å²) >= 11 is 0. The molecular weight excluding hydrogens is 250 g/mol. The predicted molar refractivity (Wildman–Crippen MR) is 79.5 cm³/mol. The van der Waals surface area contributed by atoms with E-state index in [1.807, 2.05) is 45.0 Å². The van der Waals surface area contributed by atoms with Gasteiger partial charge in [-0.3, -0.25) is 9.78 Å². The molecule has 1 aromatic carbocycles. The molecule has 0 saturated carbocycles. The number of pyridine rings is 1. The second-order valence-corrected chi connectivity index (χ2v) is 5.09. The van der Waals surface area contributed by atoms with Crippen molar-refractivity contribution >= 4 is 5.78 Å². The normalized spacial score (nSPS) is 10.4. The van der Waals surface area contributed by atoms with Crippen molar-refractivity contribution in [3.05, 3.63) is 58.4 Å². The number of hydrogen-bond donors (Lipinski definition) is 0. The van der Waals surface area contributed by atoms with Crippen molar-refractivity contribution in [1.29, 1.82) is 0 Å². The Labute approximate surface area is 119 Å². The van der Waals surface area contributed by atoms with Gasteiger partial charge in [-0.15, -0.1) is 0 Å². The molecule has 20 heavy (non-hydrogen) atoms. The van der Waals surface area contributed by atoms with Crippen LogP contribution in [0.2, 0.25) is 0 Å². The maximum absolute atomic E-state index is 12.4. The Morgan fingerprint density at radius 2 is 1.90 bits per heavy atom. The third kappa shape index (κ3) is 3.05. The molecule has 2 rings (SSSR count). The lowest BCUT2D eigenvalue weighted by atomic mass is 10.0. The summed E-state index contributed by atoms with van der Waals surface area (Å²) in [6, 6.07) is 7.84. The fourth-order valence-electron chi connectivity index (χ4n) is 2.31. The van der Waals surface area contributed by atoms with E-state index in [0.717, 1.165) is 28.0 Å². The quantitative estimate of drug-likeness (QED) is 0.798. The molecule has 0 unspecified atom stereocenters. The van der Waals surface area contributed by atoms with Gasteiger partial charge in [-0.05, 0) is 38.0 Å². The van der Waals surface area contributed by atoms with Crippen molar-refractivity contribution in [2.24, 2.45) is 0 Å². The zero-order valence-corrected chi connectivity index (χ0v) is 12.4. The fourth-order valence-corrected chi connectivity index (χ4v) is 2.31. The molecular formula is C17H19NO2. The van der Waals surface area contributed by atoms with Gasteiger partial charge in [0.1, 0.15) is 11.4 Å². The molecule has 0 fully saturated rings. The van der Waals surface area contributed by atoms with E-state index in [9.17, 15) is 4.79 Å². The van der Waals surface area contributed by atoms with Gasteiger partial charge in [0.15, 0.2) is 5.78 Å². The van der Waals surface area contributed by atoms with E-state index in [2.05, 4.69) is 4.98 Å². The number of carbonyl (C=O) groups is 1. The highest BCUT2D eigenvalue weighted by molar-refractivity contribution is 5.97. The van der Waals surface area contributed by atoms with Crippen LogP contribution in [0.4, 0.5) is 0 Å². The summed E-state index contributed by atoms with van der Waals surface area (Å²) in [5, 5.41) is 0. The molecule has 0 atom stereocenters. The Balaban J connectivity index is 2.30. The van der Waals surface area contributed by atoms with Crippen LogP contribution in [-0.2, 0) is 6.42 Å². The van der Waals surface area contributed by atoms with Crippen LogP contribution in [-0.4, -0.2) is 17.9 Å². The molecule has 0 amide bonds. The first-order valence-corrected chi connectivity index (χ1v) is 6.61. The minimum Gasteiger partial charge on any atom is -0.496 e. The summed E-state index contributed by atoms with van der Waals surface area (Å²) in [4.78, 5) is 16.7. The van der Waals surface area contributed by atoms with Gasteiger partial charge in [-0.1, -0.05) is 23.8 Å². The van der Waals surface area contributed by atoms with E-state index >= 15 is 0 Å². The highest BCUT2D eigenvalue weighted by Crippen LogP contribution is 2.22. The first kappa shape index (κ1) is 14.3. The van der Waals surface area contributed by atoms with Gasteiger partial charge in [-0.2, -0.15) is 0 Å². The van der Waals surface area contributed by atoms with Crippen molar-refractivity contribution in [1.82, 2.24) is 4.98 Å². The van der Waals surface area contributed by atoms with Crippen molar-refractivity contribution < 1.29 is 9.53 Å². The molecule has 0 aliphatic rings. The number of benzene rings is 1. The van der Waals surface area contributed by atoms with Crippen LogP contribution in [0, 0.1) is 20.8 Å². The van der Waals surface area contributed by atoms with Crippen LogP contribution >= 0.6 is 0 Å². The van der Waals surface area contributed by atoms with Crippen molar-refractivity contribution in [2.75, 3.05) is 7.11 Å². The van der Waals surface area contributed by atoms with E-state index in [1.54, 1.807) is 13.3 Å². The Morgan fingerprint density at radius 3 is 2.55 bits per heavy atom. The smallest absolute Gasteiger partial charge is 0.185 e. The molecule has 3 heteroatoms. The lowest BCUT2D eigenvalue weighted by molar-refractivity contribution is 0.0986. The zero-order valence-electron chi connectivity index (χ0n) is 12.4. The Bertz CT molecular complexity index is 647. The molecule has 0 saturated heterocycles. The van der Waals surface area contributed by atoms with Gasteiger partial charge in [0.25, 0.3) is 0 Å². The lowest BCUT2D eigenvalue weighted by Gasteiger charge is -2.10. The second-order valence-electron chi connectivity index (χ2n) is 5.09. The van der Waals surface area contributed by atoms with Crippen LogP contribution in [0.5, 0.6) is 5.75 Å². The van der Waals surface area contributed by atoms with Crippen molar-refractivity contribution in [3.63, 3.8) is 0 Å². The highest BCUT2D eigenvalue weighted by atomic mass is 16.5. The molecule has 0 bridgehead atoms. The Kier molecular flexibility index (Phi) is 4.18. The number of rotatable bonds is 4. The van der Waals surface area contributed by atoms with Gasteiger partial charge >= 0.3 is 0 Å². The first-order valence-electron chi connectivity index (χ1n) is 6.61. The molecule has 3 nitrogen and oxygen atoms in total. The van der Waals surface area contributed by atoms with E-state index in [4.69, 9.17) is 4.74 Å².